The van der Waals surface area contributed by atoms with Gasteiger partial charge in [0.1, 0.15) is 16.2 Å². The Kier molecular flexibility index (Phi) is 7.60. The molecule has 4 nitrogen and oxygen atoms in total. The molecule has 0 aromatic heterocycles. The molecule has 0 aliphatic rings. The van der Waals surface area contributed by atoms with Gasteiger partial charge in [-0.15, -0.1) is 0 Å². The summed E-state index contributed by atoms with van der Waals surface area (Å²) in [6.45, 7) is 11.2. The third-order valence-corrected chi connectivity index (χ3v) is 7.20. The highest BCUT2D eigenvalue weighted by molar-refractivity contribution is 7.98. The van der Waals surface area contributed by atoms with E-state index in [4.69, 9.17) is 13.0 Å². The van der Waals surface area contributed by atoms with Crippen molar-refractivity contribution in [2.75, 3.05) is 0 Å². The van der Waals surface area contributed by atoms with Crippen molar-refractivity contribution in [1.82, 2.24) is 0 Å². The van der Waals surface area contributed by atoms with Gasteiger partial charge in [0.2, 0.25) is 0 Å². The number of aryl methyl sites for hydroxylation is 1. The smallest absolute Gasteiger partial charge is 0.485 e. The fourth-order valence-electron chi connectivity index (χ4n) is 2.79. The monoisotopic (exact) mass is 424 g/mol. The molecule has 0 amide bonds. The molecule has 2 aromatic carbocycles. The van der Waals surface area contributed by atoms with Crippen molar-refractivity contribution in [3.05, 3.63) is 35.9 Å². The zero-order valence-corrected chi connectivity index (χ0v) is 17.3. The fourth-order valence-corrected chi connectivity index (χ4v) is 5.55. The zero-order chi connectivity index (χ0) is 21.2. The van der Waals surface area contributed by atoms with Crippen LogP contribution in [0.4, 0.5) is 13.2 Å². The second-order valence-electron chi connectivity index (χ2n) is 6.45. The number of benzene rings is 2. The van der Waals surface area contributed by atoms with E-state index >= 15 is 0 Å². The topological polar surface area (TPSA) is 77.4 Å². The van der Waals surface area contributed by atoms with Crippen molar-refractivity contribution in [3.8, 4) is 5.75 Å². The molecule has 0 saturated heterocycles. The zero-order valence-electron chi connectivity index (χ0n) is 15.7. The highest BCUT2D eigenvalue weighted by Crippen LogP contribution is 2.35. The van der Waals surface area contributed by atoms with E-state index in [0.29, 0.717) is 16.2 Å². The molecule has 0 atom stereocenters. The maximum Gasteiger partial charge on any atom is 0.485 e. The van der Waals surface area contributed by atoms with Crippen LogP contribution in [0.2, 0.25) is 0 Å². The van der Waals surface area contributed by atoms with Crippen molar-refractivity contribution in [3.63, 3.8) is 0 Å². The van der Waals surface area contributed by atoms with Gasteiger partial charge in [-0.05, 0) is 58.4 Å². The summed E-state index contributed by atoms with van der Waals surface area (Å²) in [4.78, 5) is 1.39. The summed E-state index contributed by atoms with van der Waals surface area (Å²) < 4.78 is 58.9. The van der Waals surface area contributed by atoms with Crippen molar-refractivity contribution in [1.29, 1.82) is 0 Å². The lowest BCUT2D eigenvalue weighted by Crippen LogP contribution is -2.24. The molecule has 152 valence electrons. The minimum atomic E-state index is -6.09. The van der Waals surface area contributed by atoms with Crippen molar-refractivity contribution >= 4 is 31.8 Å². The highest BCUT2D eigenvalue weighted by Gasteiger charge is 2.37. The van der Waals surface area contributed by atoms with Crippen LogP contribution >= 0.6 is 0 Å². The maximum absolute atomic E-state index is 10.7. The first kappa shape index (κ1) is 23.6. The SMILES string of the molecule is Cc1ccc([S+](C(C)C)C(C)C)c2cccc(O)c12.O=S(=O)([O-])C(F)(F)F. The second kappa shape index (κ2) is 8.70. The Bertz CT molecular complexity index is 875. The van der Waals surface area contributed by atoms with Crippen LogP contribution in [0.3, 0.4) is 0 Å². The van der Waals surface area contributed by atoms with E-state index in [1.807, 2.05) is 6.07 Å². The average Bonchev–Trinajstić information content (AvgIpc) is 2.48. The molecule has 2 rings (SSSR count). The summed E-state index contributed by atoms with van der Waals surface area (Å²) in [5, 5.41) is 13.6. The number of phenols is 1. The van der Waals surface area contributed by atoms with Gasteiger partial charge in [-0.3, -0.25) is 0 Å². The van der Waals surface area contributed by atoms with E-state index in [1.165, 1.54) is 10.3 Å². The van der Waals surface area contributed by atoms with Crippen LogP contribution in [0.1, 0.15) is 33.3 Å². The summed E-state index contributed by atoms with van der Waals surface area (Å²) in [5.74, 6) is 0.396. The Balaban J connectivity index is 0.000000387. The van der Waals surface area contributed by atoms with Gasteiger partial charge >= 0.3 is 5.51 Å². The quantitative estimate of drug-likeness (QED) is 0.440. The first-order valence-electron chi connectivity index (χ1n) is 8.13. The lowest BCUT2D eigenvalue weighted by Gasteiger charge is -2.18. The van der Waals surface area contributed by atoms with Crippen LogP contribution in [-0.4, -0.2) is 34.1 Å². The summed E-state index contributed by atoms with van der Waals surface area (Å²) in [6, 6.07) is 10.3. The van der Waals surface area contributed by atoms with E-state index in [2.05, 4.69) is 52.8 Å². The normalized spacial score (nSPS) is 12.6. The Hall–Kier alpha value is -1.45. The van der Waals surface area contributed by atoms with Crippen molar-refractivity contribution < 1.29 is 31.2 Å². The van der Waals surface area contributed by atoms with Crippen LogP contribution in [0, 0.1) is 6.92 Å². The van der Waals surface area contributed by atoms with Gasteiger partial charge in [-0.2, -0.15) is 13.2 Å². The number of halogens is 3. The standard InChI is InChI=1S/C17H22OS.CHF3O3S/c1-11(2)19(12(3)4)16-10-9-13(5)17-14(16)7-6-8-15(17)18;2-1(3,4)8(5,6)7/h6-12H,1-5H3;(H,5,6,7). The largest absolute Gasteiger partial charge is 0.741 e. The molecule has 0 aliphatic carbocycles. The van der Waals surface area contributed by atoms with Crippen LogP contribution in [0.5, 0.6) is 5.75 Å². The Morgan fingerprint density at radius 2 is 1.52 bits per heavy atom. The van der Waals surface area contributed by atoms with Crippen LogP contribution in [-0.2, 0) is 21.0 Å². The minimum absolute atomic E-state index is 0.206. The number of hydrogen-bond donors (Lipinski definition) is 1. The van der Waals surface area contributed by atoms with Crippen LogP contribution in [0.15, 0.2) is 35.2 Å². The number of fused-ring (bicyclic) bond motifs is 1. The molecule has 0 spiro atoms. The molecule has 0 aliphatic heterocycles. The van der Waals surface area contributed by atoms with Gasteiger partial charge in [0.05, 0.1) is 0 Å². The molecule has 0 radical (unpaired) electrons. The van der Waals surface area contributed by atoms with Crippen molar-refractivity contribution in [2.45, 2.75) is 55.5 Å². The van der Waals surface area contributed by atoms with E-state index in [0.717, 1.165) is 10.9 Å². The molecule has 27 heavy (non-hydrogen) atoms. The first-order chi connectivity index (χ1) is 12.2. The molecule has 0 heterocycles. The number of hydrogen-bond acceptors (Lipinski definition) is 4. The van der Waals surface area contributed by atoms with E-state index in [-0.39, 0.29) is 10.9 Å². The molecule has 1 N–H and O–H groups in total. The summed E-state index contributed by atoms with van der Waals surface area (Å²) in [5.41, 5.74) is -4.50. The van der Waals surface area contributed by atoms with Gasteiger partial charge in [-0.25, -0.2) is 8.42 Å². The van der Waals surface area contributed by atoms with Crippen molar-refractivity contribution in [2.24, 2.45) is 0 Å². The minimum Gasteiger partial charge on any atom is -0.741 e. The highest BCUT2D eigenvalue weighted by atomic mass is 32.2. The van der Waals surface area contributed by atoms with Gasteiger partial charge in [-0.1, -0.05) is 12.1 Å². The Morgan fingerprint density at radius 1 is 1.04 bits per heavy atom. The number of phenolic OH excluding ortho intramolecular Hbond substituents is 1. The molecule has 0 unspecified atom stereocenters. The van der Waals surface area contributed by atoms with Crippen LogP contribution < -0.4 is 0 Å². The van der Waals surface area contributed by atoms with Gasteiger partial charge in [0.25, 0.3) is 0 Å². The predicted molar refractivity (Wildman–Crippen MR) is 102 cm³/mol. The number of rotatable bonds is 3. The summed E-state index contributed by atoms with van der Waals surface area (Å²) >= 11 is 0. The molecule has 2 aromatic rings. The van der Waals surface area contributed by atoms with Gasteiger partial charge in [0, 0.05) is 21.7 Å². The van der Waals surface area contributed by atoms with Crippen LogP contribution in [0.25, 0.3) is 10.8 Å². The second-order valence-corrected chi connectivity index (χ2v) is 10.9. The molecule has 9 heteroatoms. The molecular formula is C18H23F3O4S2. The lowest BCUT2D eigenvalue weighted by atomic mass is 10.0. The van der Waals surface area contributed by atoms with E-state index in [1.54, 1.807) is 6.07 Å². The molecule has 0 bridgehead atoms. The maximum atomic E-state index is 10.7. The third-order valence-electron chi connectivity index (χ3n) is 3.74. The lowest BCUT2D eigenvalue weighted by molar-refractivity contribution is -0.0517. The Morgan fingerprint density at radius 3 is 1.93 bits per heavy atom. The number of aromatic hydroxyl groups is 1. The van der Waals surface area contributed by atoms with Gasteiger partial charge < -0.3 is 9.66 Å². The summed E-state index contributed by atoms with van der Waals surface area (Å²) in [6.07, 6.45) is 0. The van der Waals surface area contributed by atoms with Gasteiger partial charge in [0.15, 0.2) is 15.0 Å². The Labute approximate surface area is 160 Å². The molecular weight excluding hydrogens is 401 g/mol. The predicted octanol–water partition coefficient (Wildman–Crippen LogP) is 4.70. The van der Waals surface area contributed by atoms with E-state index < -0.39 is 15.6 Å². The van der Waals surface area contributed by atoms with E-state index in [9.17, 15) is 18.3 Å². The molecule has 0 fully saturated rings. The average molecular weight is 425 g/mol. The summed E-state index contributed by atoms with van der Waals surface area (Å²) in [7, 11) is -5.88. The molecule has 0 saturated carbocycles. The number of alkyl halides is 3. The fraction of sp³-hybridized carbons (Fsp3) is 0.444. The first-order valence-corrected chi connectivity index (χ1v) is 10.9. The third kappa shape index (κ3) is 5.76.